The van der Waals surface area contributed by atoms with Gasteiger partial charge in [-0.1, -0.05) is 13.8 Å². The third kappa shape index (κ3) is 4.44. The van der Waals surface area contributed by atoms with Crippen LogP contribution in [-0.4, -0.2) is 16.3 Å². The van der Waals surface area contributed by atoms with Gasteiger partial charge in [-0.25, -0.2) is 0 Å². The maximum atomic E-state index is 4.46. The van der Waals surface area contributed by atoms with E-state index in [1.165, 1.54) is 12.1 Å². The van der Waals surface area contributed by atoms with E-state index in [1.807, 2.05) is 4.68 Å². The number of aromatic nitrogens is 2. The van der Waals surface area contributed by atoms with Crippen LogP contribution in [0.1, 0.15) is 45.9 Å². The zero-order chi connectivity index (χ0) is 11.4. The fourth-order valence-electron chi connectivity index (χ4n) is 1.42. The normalized spacial score (nSPS) is 10.7. The van der Waals surface area contributed by atoms with Crippen molar-refractivity contribution in [2.24, 2.45) is 5.92 Å². The molecule has 0 aliphatic carbocycles. The van der Waals surface area contributed by atoms with E-state index in [9.17, 15) is 0 Å². The molecule has 0 unspecified atom stereocenters. The van der Waals surface area contributed by atoms with E-state index in [0.717, 1.165) is 18.2 Å². The minimum Gasteiger partial charge on any atom is -0.382 e. The summed E-state index contributed by atoms with van der Waals surface area (Å²) in [5.41, 5.74) is 2.26. The van der Waals surface area contributed by atoms with Gasteiger partial charge in [0.05, 0.1) is 11.4 Å². The molecule has 0 aromatic carbocycles. The Morgan fingerprint density at radius 2 is 1.94 bits per heavy atom. The summed E-state index contributed by atoms with van der Waals surface area (Å²) < 4.78 is 2.01. The second kappa shape index (κ2) is 6.79. The van der Waals surface area contributed by atoms with Crippen molar-refractivity contribution < 1.29 is 0 Å². The Balaban J connectivity index is 0.00000225. The summed E-state index contributed by atoms with van der Waals surface area (Å²) in [5, 5.41) is 7.90. The van der Waals surface area contributed by atoms with E-state index in [1.54, 1.807) is 0 Å². The molecule has 0 saturated carbocycles. The molecular weight excluding hydrogens is 222 g/mol. The zero-order valence-electron chi connectivity index (χ0n) is 10.9. The Morgan fingerprint density at radius 3 is 2.38 bits per heavy atom. The number of anilines is 1. The van der Waals surface area contributed by atoms with Crippen LogP contribution >= 0.6 is 12.4 Å². The fourth-order valence-corrected chi connectivity index (χ4v) is 1.42. The molecule has 4 heteroatoms. The molecule has 0 spiro atoms. The molecule has 0 fully saturated rings. The highest BCUT2D eigenvalue weighted by Gasteiger charge is 2.06. The monoisotopic (exact) mass is 245 g/mol. The third-order valence-corrected chi connectivity index (χ3v) is 2.48. The van der Waals surface area contributed by atoms with E-state index >= 15 is 0 Å². The minimum atomic E-state index is 0. The van der Waals surface area contributed by atoms with Gasteiger partial charge in [-0.2, -0.15) is 5.10 Å². The number of aryl methyl sites for hydroxylation is 1. The Bertz CT molecular complexity index is 305. The summed E-state index contributed by atoms with van der Waals surface area (Å²) in [4.78, 5) is 0. The molecule has 0 aliphatic rings. The lowest BCUT2D eigenvalue weighted by Gasteiger charge is -2.06. The van der Waals surface area contributed by atoms with Crippen LogP contribution in [0.25, 0.3) is 0 Å². The van der Waals surface area contributed by atoms with Crippen molar-refractivity contribution in [1.82, 2.24) is 9.78 Å². The largest absolute Gasteiger partial charge is 0.382 e. The van der Waals surface area contributed by atoms with Gasteiger partial charge in [0.1, 0.15) is 0 Å². The quantitative estimate of drug-likeness (QED) is 0.858. The minimum absolute atomic E-state index is 0. The molecule has 0 aliphatic heterocycles. The highest BCUT2D eigenvalue weighted by atomic mass is 35.5. The Hall–Kier alpha value is -0.700. The smallest absolute Gasteiger partial charge is 0.0825 e. The van der Waals surface area contributed by atoms with Crippen molar-refractivity contribution in [3.05, 3.63) is 11.9 Å². The number of rotatable bonds is 5. The molecule has 1 rings (SSSR count). The Kier molecular flexibility index (Phi) is 6.49. The van der Waals surface area contributed by atoms with E-state index in [4.69, 9.17) is 0 Å². The predicted octanol–water partition coefficient (Wildman–Crippen LogP) is 3.65. The topological polar surface area (TPSA) is 29.9 Å². The van der Waals surface area contributed by atoms with Gasteiger partial charge in [0.2, 0.25) is 0 Å². The highest BCUT2D eigenvalue weighted by molar-refractivity contribution is 5.85. The van der Waals surface area contributed by atoms with Gasteiger partial charge in [0, 0.05) is 18.8 Å². The van der Waals surface area contributed by atoms with Crippen molar-refractivity contribution in [3.8, 4) is 0 Å². The van der Waals surface area contributed by atoms with Crippen molar-refractivity contribution in [2.75, 3.05) is 11.9 Å². The average molecular weight is 246 g/mol. The van der Waals surface area contributed by atoms with Crippen molar-refractivity contribution in [1.29, 1.82) is 0 Å². The lowest BCUT2D eigenvalue weighted by molar-refractivity contribution is 0.529. The summed E-state index contributed by atoms with van der Waals surface area (Å²) >= 11 is 0. The van der Waals surface area contributed by atoms with Crippen LogP contribution in [0.3, 0.4) is 0 Å². The van der Waals surface area contributed by atoms with E-state index in [0.29, 0.717) is 6.04 Å². The number of nitrogens with zero attached hydrogens (tertiary/aromatic N) is 2. The summed E-state index contributed by atoms with van der Waals surface area (Å²) in [6, 6.07) is 0.435. The second-order valence-electron chi connectivity index (χ2n) is 4.81. The first-order valence-corrected chi connectivity index (χ1v) is 5.80. The van der Waals surface area contributed by atoms with Crippen molar-refractivity contribution >= 4 is 18.1 Å². The van der Waals surface area contributed by atoms with Crippen LogP contribution in [0.5, 0.6) is 0 Å². The van der Waals surface area contributed by atoms with Gasteiger partial charge in [-0.3, -0.25) is 4.68 Å². The summed E-state index contributed by atoms with van der Waals surface area (Å²) in [6.07, 6.45) is 3.30. The maximum Gasteiger partial charge on any atom is 0.0825 e. The van der Waals surface area contributed by atoms with Gasteiger partial charge in [-0.15, -0.1) is 12.4 Å². The van der Waals surface area contributed by atoms with Gasteiger partial charge in [0.15, 0.2) is 0 Å². The van der Waals surface area contributed by atoms with E-state index in [2.05, 4.69) is 51.2 Å². The molecule has 0 saturated heterocycles. The second-order valence-corrected chi connectivity index (χ2v) is 4.81. The zero-order valence-corrected chi connectivity index (χ0v) is 11.8. The predicted molar refractivity (Wildman–Crippen MR) is 72.5 cm³/mol. The van der Waals surface area contributed by atoms with Crippen LogP contribution in [0.15, 0.2) is 6.20 Å². The number of halogens is 1. The van der Waals surface area contributed by atoms with E-state index < -0.39 is 0 Å². The molecule has 1 N–H and O–H groups in total. The number of hydrogen-bond acceptors (Lipinski definition) is 2. The molecule has 0 radical (unpaired) electrons. The molecule has 0 amide bonds. The molecule has 16 heavy (non-hydrogen) atoms. The highest BCUT2D eigenvalue weighted by Crippen LogP contribution is 2.15. The average Bonchev–Trinajstić information content (AvgIpc) is 2.47. The SMILES string of the molecule is Cc1nn(C(C)C)cc1NCCC(C)C.Cl. The Labute approximate surface area is 105 Å². The van der Waals surface area contributed by atoms with Gasteiger partial charge in [-0.05, 0) is 33.1 Å². The van der Waals surface area contributed by atoms with Gasteiger partial charge in [0.25, 0.3) is 0 Å². The number of hydrogen-bond donors (Lipinski definition) is 1. The summed E-state index contributed by atoms with van der Waals surface area (Å²) in [6.45, 7) is 11.9. The van der Waals surface area contributed by atoms with Crippen LogP contribution in [0.2, 0.25) is 0 Å². The molecule has 0 atom stereocenters. The maximum absolute atomic E-state index is 4.46. The van der Waals surface area contributed by atoms with Crippen LogP contribution in [0, 0.1) is 12.8 Å². The number of nitrogens with one attached hydrogen (secondary N) is 1. The molecule has 94 valence electrons. The molecule has 0 bridgehead atoms. The van der Waals surface area contributed by atoms with Gasteiger partial charge >= 0.3 is 0 Å². The molecule has 3 nitrogen and oxygen atoms in total. The molecule has 1 aromatic rings. The van der Waals surface area contributed by atoms with Crippen molar-refractivity contribution in [3.63, 3.8) is 0 Å². The first-order chi connectivity index (χ1) is 7.00. The lowest BCUT2D eigenvalue weighted by Crippen LogP contribution is -2.05. The summed E-state index contributed by atoms with van der Waals surface area (Å²) in [7, 11) is 0. The van der Waals surface area contributed by atoms with Crippen LogP contribution in [0.4, 0.5) is 5.69 Å². The first-order valence-electron chi connectivity index (χ1n) is 5.80. The van der Waals surface area contributed by atoms with Gasteiger partial charge < -0.3 is 5.32 Å². The standard InChI is InChI=1S/C12H23N3.ClH/c1-9(2)6-7-13-12-8-15(10(3)4)14-11(12)5;/h8-10,13H,6-7H2,1-5H3;1H. The molecule has 1 aromatic heterocycles. The van der Waals surface area contributed by atoms with Crippen LogP contribution in [-0.2, 0) is 0 Å². The van der Waals surface area contributed by atoms with Crippen LogP contribution < -0.4 is 5.32 Å². The fraction of sp³-hybridized carbons (Fsp3) is 0.750. The third-order valence-electron chi connectivity index (χ3n) is 2.48. The lowest BCUT2D eigenvalue weighted by atomic mass is 10.1. The van der Waals surface area contributed by atoms with E-state index in [-0.39, 0.29) is 12.4 Å². The summed E-state index contributed by atoms with van der Waals surface area (Å²) in [5.74, 6) is 0.748. The Morgan fingerprint density at radius 1 is 1.31 bits per heavy atom. The molecular formula is C12H24ClN3. The first kappa shape index (κ1) is 15.3. The van der Waals surface area contributed by atoms with Crippen molar-refractivity contribution in [2.45, 2.75) is 47.1 Å². The molecule has 1 heterocycles.